The number of benzene rings is 8. The number of hydrogen-bond acceptors (Lipinski definition) is 0. The molecule has 1 heteroatoms. The van der Waals surface area contributed by atoms with Crippen molar-refractivity contribution >= 4 is 54.1 Å². The van der Waals surface area contributed by atoms with Crippen LogP contribution < -0.4 is 0 Å². The van der Waals surface area contributed by atoms with Crippen LogP contribution in [0.1, 0.15) is 25.0 Å². The summed E-state index contributed by atoms with van der Waals surface area (Å²) in [4.78, 5) is 0. The molecule has 0 N–H and O–H groups in total. The zero-order valence-electron chi connectivity index (χ0n) is 25.9. The summed E-state index contributed by atoms with van der Waals surface area (Å²) in [5.41, 5.74) is 11.6. The van der Waals surface area contributed by atoms with E-state index in [4.69, 9.17) is 0 Å². The number of fused-ring (bicyclic) bond motifs is 12. The molecule has 0 saturated carbocycles. The molecule has 1 nitrogen and oxygen atoms in total. The molecule has 1 aromatic heterocycles. The first-order valence-corrected chi connectivity index (χ1v) is 16.2. The Morgan fingerprint density at radius 1 is 0.370 bits per heavy atom. The van der Waals surface area contributed by atoms with Crippen LogP contribution in [0.5, 0.6) is 0 Å². The molecule has 1 aliphatic rings. The van der Waals surface area contributed by atoms with Gasteiger partial charge in [0.25, 0.3) is 0 Å². The van der Waals surface area contributed by atoms with Gasteiger partial charge in [0.05, 0.1) is 11.0 Å². The smallest absolute Gasteiger partial charge is 0.0547 e. The molecule has 10 rings (SSSR count). The van der Waals surface area contributed by atoms with Crippen molar-refractivity contribution in [2.45, 2.75) is 19.3 Å². The standard InChI is InChI=1S/C45H31N/c1-45(2)41-17-9-7-15-36(41)37-24-21-30(27-42(37)45)46-43-18-10-8-16-38(43)39-23-20-29(26-44(39)46)28-19-22-35-33-13-4-3-11-31(33)32-12-5-6-14-34(32)40(35)25-28/h3-27H,1-2H3. The number of hydrogen-bond donors (Lipinski definition) is 0. The Morgan fingerprint density at radius 3 is 1.63 bits per heavy atom. The first kappa shape index (κ1) is 25.6. The normalized spacial score (nSPS) is 13.6. The molecule has 9 aromatic rings. The van der Waals surface area contributed by atoms with Crippen LogP contribution in [0, 0.1) is 0 Å². The van der Waals surface area contributed by atoms with E-state index < -0.39 is 0 Å². The van der Waals surface area contributed by atoms with E-state index in [1.807, 2.05) is 0 Å². The molecule has 8 aromatic carbocycles. The maximum Gasteiger partial charge on any atom is 0.0547 e. The second-order valence-electron chi connectivity index (χ2n) is 13.3. The third kappa shape index (κ3) is 3.40. The van der Waals surface area contributed by atoms with Crippen LogP contribution in [0.4, 0.5) is 0 Å². The van der Waals surface area contributed by atoms with E-state index in [-0.39, 0.29) is 5.41 Å². The van der Waals surface area contributed by atoms with E-state index in [1.165, 1.54) is 93.2 Å². The topological polar surface area (TPSA) is 4.93 Å². The maximum absolute atomic E-state index is 2.47. The van der Waals surface area contributed by atoms with E-state index in [0.717, 1.165) is 0 Å². The lowest BCUT2D eigenvalue weighted by Crippen LogP contribution is -2.15. The van der Waals surface area contributed by atoms with Gasteiger partial charge in [-0.05, 0) is 96.0 Å². The molecule has 0 fully saturated rings. The molecule has 46 heavy (non-hydrogen) atoms. The van der Waals surface area contributed by atoms with Crippen LogP contribution in [0.2, 0.25) is 0 Å². The molecule has 0 atom stereocenters. The zero-order chi connectivity index (χ0) is 30.6. The summed E-state index contributed by atoms with van der Waals surface area (Å²) in [6, 6.07) is 56.4. The maximum atomic E-state index is 2.47. The minimum atomic E-state index is -0.0517. The van der Waals surface area contributed by atoms with Gasteiger partial charge in [-0.15, -0.1) is 0 Å². The molecular formula is C45H31N. The Kier molecular flexibility index (Phi) is 5.12. The predicted molar refractivity (Wildman–Crippen MR) is 196 cm³/mol. The van der Waals surface area contributed by atoms with E-state index in [1.54, 1.807) is 0 Å². The summed E-state index contributed by atoms with van der Waals surface area (Å²) >= 11 is 0. The van der Waals surface area contributed by atoms with Gasteiger partial charge in [-0.25, -0.2) is 0 Å². The van der Waals surface area contributed by atoms with Gasteiger partial charge in [-0.3, -0.25) is 0 Å². The second kappa shape index (κ2) is 9.19. The summed E-state index contributed by atoms with van der Waals surface area (Å²) in [5, 5.41) is 10.4. The van der Waals surface area contributed by atoms with Gasteiger partial charge < -0.3 is 4.57 Å². The van der Waals surface area contributed by atoms with Crippen molar-refractivity contribution in [1.29, 1.82) is 0 Å². The molecule has 1 aliphatic carbocycles. The van der Waals surface area contributed by atoms with Gasteiger partial charge >= 0.3 is 0 Å². The highest BCUT2D eigenvalue weighted by Gasteiger charge is 2.35. The Morgan fingerprint density at radius 2 is 0.891 bits per heavy atom. The van der Waals surface area contributed by atoms with Gasteiger partial charge in [0, 0.05) is 21.9 Å². The number of para-hydroxylation sites is 1. The summed E-state index contributed by atoms with van der Waals surface area (Å²) in [6.45, 7) is 4.72. The quantitative estimate of drug-likeness (QED) is 0.178. The van der Waals surface area contributed by atoms with Crippen LogP contribution in [0.25, 0.3) is 82.1 Å². The Bertz CT molecular complexity index is 2690. The van der Waals surface area contributed by atoms with Crippen molar-refractivity contribution in [2.24, 2.45) is 0 Å². The number of rotatable bonds is 2. The van der Waals surface area contributed by atoms with E-state index in [9.17, 15) is 0 Å². The lowest BCUT2D eigenvalue weighted by Gasteiger charge is -2.22. The van der Waals surface area contributed by atoms with E-state index in [2.05, 4.69) is 170 Å². The molecule has 0 amide bonds. The van der Waals surface area contributed by atoms with Crippen LogP contribution >= 0.6 is 0 Å². The molecule has 0 saturated heterocycles. The Hall–Kier alpha value is -5.66. The summed E-state index contributed by atoms with van der Waals surface area (Å²) in [7, 11) is 0. The van der Waals surface area contributed by atoms with Crippen LogP contribution in [0.15, 0.2) is 152 Å². The first-order chi connectivity index (χ1) is 22.6. The van der Waals surface area contributed by atoms with Gasteiger partial charge in [0.15, 0.2) is 0 Å². The average Bonchev–Trinajstić information content (AvgIpc) is 3.56. The van der Waals surface area contributed by atoms with Crippen molar-refractivity contribution in [3.8, 4) is 27.9 Å². The van der Waals surface area contributed by atoms with Crippen molar-refractivity contribution in [2.75, 3.05) is 0 Å². The van der Waals surface area contributed by atoms with Gasteiger partial charge in [-0.1, -0.05) is 135 Å². The van der Waals surface area contributed by atoms with E-state index >= 15 is 0 Å². The molecule has 0 aliphatic heterocycles. The average molecular weight is 586 g/mol. The highest BCUT2D eigenvalue weighted by molar-refractivity contribution is 6.25. The highest BCUT2D eigenvalue weighted by atomic mass is 15.0. The highest BCUT2D eigenvalue weighted by Crippen LogP contribution is 2.49. The fourth-order valence-corrected chi connectivity index (χ4v) is 8.35. The number of nitrogens with zero attached hydrogens (tertiary/aromatic N) is 1. The van der Waals surface area contributed by atoms with Crippen LogP contribution in [-0.4, -0.2) is 4.57 Å². The van der Waals surface area contributed by atoms with Crippen LogP contribution in [0.3, 0.4) is 0 Å². The van der Waals surface area contributed by atoms with Gasteiger partial charge in [-0.2, -0.15) is 0 Å². The molecule has 0 unspecified atom stereocenters. The molecule has 1 heterocycles. The van der Waals surface area contributed by atoms with Crippen molar-refractivity contribution < 1.29 is 0 Å². The minimum Gasteiger partial charge on any atom is -0.309 e. The van der Waals surface area contributed by atoms with Crippen molar-refractivity contribution in [1.82, 2.24) is 4.57 Å². The minimum absolute atomic E-state index is 0.0517. The lowest BCUT2D eigenvalue weighted by atomic mass is 9.82. The molecule has 0 spiro atoms. The van der Waals surface area contributed by atoms with E-state index in [0.29, 0.717) is 0 Å². The Balaban J connectivity index is 1.21. The summed E-state index contributed by atoms with van der Waals surface area (Å²) < 4.78 is 2.47. The Labute approximate surface area is 268 Å². The van der Waals surface area contributed by atoms with Crippen molar-refractivity contribution in [3.63, 3.8) is 0 Å². The fourth-order valence-electron chi connectivity index (χ4n) is 8.35. The SMILES string of the molecule is CC1(C)c2ccccc2-c2ccc(-n3c4ccccc4c4ccc(-c5ccc6c7ccccc7c7ccccc7c6c5)cc43)cc21. The fraction of sp³-hybridized carbons (Fsp3) is 0.0667. The van der Waals surface area contributed by atoms with Crippen molar-refractivity contribution in [3.05, 3.63) is 163 Å². The number of aromatic nitrogens is 1. The third-order valence-electron chi connectivity index (χ3n) is 10.6. The third-order valence-corrected chi connectivity index (χ3v) is 10.6. The summed E-state index contributed by atoms with van der Waals surface area (Å²) in [6.07, 6.45) is 0. The second-order valence-corrected chi connectivity index (χ2v) is 13.3. The van der Waals surface area contributed by atoms with Crippen LogP contribution in [-0.2, 0) is 5.41 Å². The van der Waals surface area contributed by atoms with Gasteiger partial charge in [0.2, 0.25) is 0 Å². The lowest BCUT2D eigenvalue weighted by molar-refractivity contribution is 0.660. The molecule has 0 radical (unpaired) electrons. The molecule has 0 bridgehead atoms. The molecule has 216 valence electrons. The first-order valence-electron chi connectivity index (χ1n) is 16.2. The zero-order valence-corrected chi connectivity index (χ0v) is 25.9. The summed E-state index contributed by atoms with van der Waals surface area (Å²) in [5.74, 6) is 0. The molecular weight excluding hydrogens is 555 g/mol. The van der Waals surface area contributed by atoms with Gasteiger partial charge in [0.1, 0.15) is 0 Å². The largest absolute Gasteiger partial charge is 0.309 e. The monoisotopic (exact) mass is 585 g/mol. The predicted octanol–water partition coefficient (Wildman–Crippen LogP) is 12.2.